The summed E-state index contributed by atoms with van der Waals surface area (Å²) in [6.07, 6.45) is 1.43. The maximum Gasteiger partial charge on any atom is 0.295 e. The molecule has 192 valence electrons. The Morgan fingerprint density at radius 1 is 0.919 bits per heavy atom. The standard InChI is InChI=1S/C31H33NO5/c1-4-19-37-25-16-15-24(20-26(25)36-5-2)28-27(29(33)23-13-11-21(3)12-14-23)30(34)31(35)32(28)18-17-22-9-7-6-8-10-22/h6-16,20,28,33H,4-5,17-19H2,1-3H3. The third-order valence-corrected chi connectivity index (χ3v) is 6.39. The van der Waals surface area contributed by atoms with Crippen LogP contribution in [0, 0.1) is 6.92 Å². The van der Waals surface area contributed by atoms with Crippen molar-refractivity contribution in [1.29, 1.82) is 0 Å². The predicted octanol–water partition coefficient (Wildman–Crippen LogP) is 5.85. The Labute approximate surface area is 218 Å². The summed E-state index contributed by atoms with van der Waals surface area (Å²) in [5.41, 5.74) is 3.32. The van der Waals surface area contributed by atoms with Gasteiger partial charge in [0.05, 0.1) is 24.8 Å². The van der Waals surface area contributed by atoms with Gasteiger partial charge in [0.1, 0.15) is 5.76 Å². The van der Waals surface area contributed by atoms with Crippen molar-refractivity contribution in [2.75, 3.05) is 19.8 Å². The summed E-state index contributed by atoms with van der Waals surface area (Å²) in [5.74, 6) is -0.362. The molecular weight excluding hydrogens is 466 g/mol. The molecule has 0 spiro atoms. The number of benzene rings is 3. The Kier molecular flexibility index (Phi) is 8.29. The smallest absolute Gasteiger partial charge is 0.295 e. The van der Waals surface area contributed by atoms with Gasteiger partial charge < -0.3 is 19.5 Å². The molecule has 0 radical (unpaired) electrons. The molecule has 0 saturated carbocycles. The molecule has 3 aromatic carbocycles. The molecule has 3 aromatic rings. The fraction of sp³-hybridized carbons (Fsp3) is 0.290. The van der Waals surface area contributed by atoms with E-state index in [1.54, 1.807) is 23.1 Å². The number of Topliss-reactive ketones (excluding diaryl/α,β-unsaturated/α-hetero) is 1. The van der Waals surface area contributed by atoms with Gasteiger partial charge in [0, 0.05) is 12.1 Å². The molecule has 0 bridgehead atoms. The van der Waals surface area contributed by atoms with Crippen LogP contribution in [0.2, 0.25) is 0 Å². The lowest BCUT2D eigenvalue weighted by Gasteiger charge is -2.26. The maximum absolute atomic E-state index is 13.3. The molecule has 6 heteroatoms. The van der Waals surface area contributed by atoms with Crippen LogP contribution < -0.4 is 9.47 Å². The Hall–Kier alpha value is -4.06. The molecule has 1 heterocycles. The highest BCUT2D eigenvalue weighted by Crippen LogP contribution is 2.42. The van der Waals surface area contributed by atoms with E-state index in [0.29, 0.717) is 48.8 Å². The van der Waals surface area contributed by atoms with Crippen LogP contribution in [0.15, 0.2) is 78.4 Å². The summed E-state index contributed by atoms with van der Waals surface area (Å²) in [4.78, 5) is 28.2. The van der Waals surface area contributed by atoms with Gasteiger partial charge in [0.25, 0.3) is 11.7 Å². The van der Waals surface area contributed by atoms with E-state index in [-0.39, 0.29) is 11.3 Å². The molecule has 1 saturated heterocycles. The number of rotatable bonds is 10. The molecule has 1 aliphatic rings. The van der Waals surface area contributed by atoms with Crippen LogP contribution >= 0.6 is 0 Å². The van der Waals surface area contributed by atoms with Gasteiger partial charge in [0.2, 0.25) is 0 Å². The van der Waals surface area contributed by atoms with Crippen molar-refractivity contribution in [3.63, 3.8) is 0 Å². The van der Waals surface area contributed by atoms with Crippen LogP contribution in [0.3, 0.4) is 0 Å². The monoisotopic (exact) mass is 499 g/mol. The first kappa shape index (κ1) is 26.0. The molecular formula is C31H33NO5. The van der Waals surface area contributed by atoms with Gasteiger partial charge in [0.15, 0.2) is 11.5 Å². The van der Waals surface area contributed by atoms with Crippen molar-refractivity contribution in [3.05, 3.63) is 101 Å². The summed E-state index contributed by atoms with van der Waals surface area (Å²) in [7, 11) is 0. The van der Waals surface area contributed by atoms with Gasteiger partial charge >= 0.3 is 0 Å². The van der Waals surface area contributed by atoms with E-state index in [2.05, 4.69) is 0 Å². The molecule has 1 atom stereocenters. The van der Waals surface area contributed by atoms with Crippen LogP contribution in [0.1, 0.15) is 48.6 Å². The molecule has 1 aliphatic heterocycles. The minimum atomic E-state index is -0.760. The molecule has 1 unspecified atom stereocenters. The number of carbonyl (C=O) groups is 2. The van der Waals surface area contributed by atoms with Crippen LogP contribution in [-0.4, -0.2) is 41.5 Å². The van der Waals surface area contributed by atoms with Crippen molar-refractivity contribution < 1.29 is 24.2 Å². The molecule has 1 amide bonds. The number of nitrogens with zero attached hydrogens (tertiary/aromatic N) is 1. The lowest BCUT2D eigenvalue weighted by molar-refractivity contribution is -0.139. The molecule has 0 aliphatic carbocycles. The predicted molar refractivity (Wildman–Crippen MR) is 144 cm³/mol. The van der Waals surface area contributed by atoms with E-state index in [1.165, 1.54) is 0 Å². The zero-order valence-electron chi connectivity index (χ0n) is 21.6. The van der Waals surface area contributed by atoms with Crippen molar-refractivity contribution in [2.24, 2.45) is 0 Å². The molecule has 0 aromatic heterocycles. The first-order valence-electron chi connectivity index (χ1n) is 12.7. The van der Waals surface area contributed by atoms with E-state index < -0.39 is 17.7 Å². The van der Waals surface area contributed by atoms with E-state index in [9.17, 15) is 14.7 Å². The number of ketones is 1. The highest BCUT2D eigenvalue weighted by Gasteiger charge is 2.46. The summed E-state index contributed by atoms with van der Waals surface area (Å²) >= 11 is 0. The third kappa shape index (κ3) is 5.69. The second-order valence-electron chi connectivity index (χ2n) is 9.08. The number of hydrogen-bond donors (Lipinski definition) is 1. The van der Waals surface area contributed by atoms with Gasteiger partial charge in [-0.25, -0.2) is 0 Å². The van der Waals surface area contributed by atoms with E-state index in [0.717, 1.165) is 17.5 Å². The average Bonchev–Trinajstić information content (AvgIpc) is 3.17. The summed E-state index contributed by atoms with van der Waals surface area (Å²) in [5, 5.41) is 11.3. The highest BCUT2D eigenvalue weighted by molar-refractivity contribution is 6.46. The molecule has 4 rings (SSSR count). The lowest BCUT2D eigenvalue weighted by atomic mass is 9.94. The van der Waals surface area contributed by atoms with Crippen LogP contribution in [0.25, 0.3) is 5.76 Å². The fourth-order valence-corrected chi connectivity index (χ4v) is 4.51. The molecule has 1 N–H and O–H groups in total. The Morgan fingerprint density at radius 2 is 1.65 bits per heavy atom. The number of hydrogen-bond acceptors (Lipinski definition) is 5. The summed E-state index contributed by atoms with van der Waals surface area (Å²) in [6, 6.07) is 21.7. The summed E-state index contributed by atoms with van der Waals surface area (Å²) < 4.78 is 11.7. The van der Waals surface area contributed by atoms with Gasteiger partial charge in [-0.1, -0.05) is 73.2 Å². The van der Waals surface area contributed by atoms with E-state index in [4.69, 9.17) is 9.47 Å². The zero-order chi connectivity index (χ0) is 26.4. The number of aliphatic hydroxyl groups is 1. The Balaban J connectivity index is 1.81. The minimum absolute atomic E-state index is 0.0755. The number of aliphatic hydroxyl groups excluding tert-OH is 1. The third-order valence-electron chi connectivity index (χ3n) is 6.39. The maximum atomic E-state index is 13.3. The second kappa shape index (κ2) is 11.8. The lowest BCUT2D eigenvalue weighted by Crippen LogP contribution is -2.31. The molecule has 37 heavy (non-hydrogen) atoms. The first-order chi connectivity index (χ1) is 17.9. The van der Waals surface area contributed by atoms with Gasteiger partial charge in [-0.15, -0.1) is 0 Å². The largest absolute Gasteiger partial charge is 0.507 e. The van der Waals surface area contributed by atoms with E-state index in [1.807, 2.05) is 75.4 Å². The van der Waals surface area contributed by atoms with E-state index >= 15 is 0 Å². The van der Waals surface area contributed by atoms with Crippen LogP contribution in [0.4, 0.5) is 0 Å². The van der Waals surface area contributed by atoms with Crippen LogP contribution in [0.5, 0.6) is 11.5 Å². The van der Waals surface area contributed by atoms with Gasteiger partial charge in [-0.05, 0) is 49.9 Å². The highest BCUT2D eigenvalue weighted by atomic mass is 16.5. The number of likely N-dealkylation sites (tertiary alicyclic amines) is 1. The van der Waals surface area contributed by atoms with Gasteiger partial charge in [-0.2, -0.15) is 0 Å². The molecule has 6 nitrogen and oxygen atoms in total. The summed E-state index contributed by atoms with van der Waals surface area (Å²) in [6.45, 7) is 7.16. The van der Waals surface area contributed by atoms with Crippen molar-refractivity contribution in [2.45, 2.75) is 39.7 Å². The van der Waals surface area contributed by atoms with Crippen molar-refractivity contribution >= 4 is 17.4 Å². The fourth-order valence-electron chi connectivity index (χ4n) is 4.51. The van der Waals surface area contributed by atoms with Crippen LogP contribution in [-0.2, 0) is 16.0 Å². The SMILES string of the molecule is CCCOc1ccc(C2C(=C(O)c3ccc(C)cc3)C(=O)C(=O)N2CCc2ccccc2)cc1OCC. The average molecular weight is 500 g/mol. The topological polar surface area (TPSA) is 76.1 Å². The second-order valence-corrected chi connectivity index (χ2v) is 9.08. The first-order valence-corrected chi connectivity index (χ1v) is 12.7. The number of amides is 1. The quantitative estimate of drug-likeness (QED) is 0.215. The van der Waals surface area contributed by atoms with Gasteiger partial charge in [-0.3, -0.25) is 9.59 Å². The zero-order valence-corrected chi connectivity index (χ0v) is 21.6. The number of aryl methyl sites for hydroxylation is 1. The normalized spacial score (nSPS) is 16.7. The molecule has 1 fully saturated rings. The van der Waals surface area contributed by atoms with Crippen molar-refractivity contribution in [1.82, 2.24) is 4.90 Å². The number of carbonyl (C=O) groups excluding carboxylic acids is 2. The minimum Gasteiger partial charge on any atom is -0.507 e. The van der Waals surface area contributed by atoms with Crippen molar-refractivity contribution in [3.8, 4) is 11.5 Å². The Bertz CT molecular complexity index is 1280. The number of ether oxygens (including phenoxy) is 2. The Morgan fingerprint density at radius 3 is 2.32 bits per heavy atom.